The average molecular weight is 386 g/mol. The van der Waals surface area contributed by atoms with Gasteiger partial charge in [-0.2, -0.15) is 0 Å². The molecular formula is C14H10Br2O3. The molecule has 98 valence electrons. The van der Waals surface area contributed by atoms with E-state index in [0.717, 1.165) is 8.95 Å². The van der Waals surface area contributed by atoms with E-state index in [0.29, 0.717) is 11.5 Å². The minimum atomic E-state index is -0.452. The molecule has 0 amide bonds. The van der Waals surface area contributed by atoms with Crippen molar-refractivity contribution in [1.82, 2.24) is 0 Å². The third-order valence-corrected chi connectivity index (χ3v) is 3.36. The SMILES string of the molecule is O=C(COc1cccc(Br)c1)Oc1ccccc1Br. The quantitative estimate of drug-likeness (QED) is 0.584. The molecular weight excluding hydrogens is 376 g/mol. The first-order valence-electron chi connectivity index (χ1n) is 5.49. The molecule has 2 rings (SSSR count). The second-order valence-electron chi connectivity index (χ2n) is 3.65. The van der Waals surface area contributed by atoms with E-state index < -0.39 is 5.97 Å². The standard InChI is InChI=1S/C14H10Br2O3/c15-10-4-3-5-11(8-10)18-9-14(17)19-13-7-2-1-6-12(13)16/h1-8H,9H2. The minimum absolute atomic E-state index is 0.141. The lowest BCUT2D eigenvalue weighted by Gasteiger charge is -2.08. The Balaban J connectivity index is 1.90. The van der Waals surface area contributed by atoms with Gasteiger partial charge in [-0.1, -0.05) is 34.1 Å². The second-order valence-corrected chi connectivity index (χ2v) is 5.42. The molecule has 0 radical (unpaired) electrons. The van der Waals surface area contributed by atoms with E-state index in [2.05, 4.69) is 31.9 Å². The van der Waals surface area contributed by atoms with Crippen LogP contribution in [0, 0.1) is 0 Å². The third-order valence-electron chi connectivity index (χ3n) is 2.21. The van der Waals surface area contributed by atoms with Gasteiger partial charge < -0.3 is 9.47 Å². The summed E-state index contributed by atoms with van der Waals surface area (Å²) in [6, 6.07) is 14.4. The molecule has 0 atom stereocenters. The lowest BCUT2D eigenvalue weighted by atomic mass is 10.3. The normalized spacial score (nSPS) is 10.0. The van der Waals surface area contributed by atoms with Crippen molar-refractivity contribution in [3.63, 3.8) is 0 Å². The highest BCUT2D eigenvalue weighted by atomic mass is 79.9. The molecule has 0 unspecified atom stereocenters. The summed E-state index contributed by atoms with van der Waals surface area (Å²) in [5.74, 6) is 0.635. The number of para-hydroxylation sites is 1. The molecule has 2 aromatic carbocycles. The number of carbonyl (C=O) groups is 1. The van der Waals surface area contributed by atoms with Crippen LogP contribution in [0.3, 0.4) is 0 Å². The number of ether oxygens (including phenoxy) is 2. The van der Waals surface area contributed by atoms with Gasteiger partial charge in [0.1, 0.15) is 11.5 Å². The Labute approximate surface area is 127 Å². The summed E-state index contributed by atoms with van der Waals surface area (Å²) in [7, 11) is 0. The van der Waals surface area contributed by atoms with Crippen LogP contribution in [0.2, 0.25) is 0 Å². The lowest BCUT2D eigenvalue weighted by Crippen LogP contribution is -2.17. The maximum atomic E-state index is 11.6. The summed E-state index contributed by atoms with van der Waals surface area (Å²) in [5, 5.41) is 0. The number of hydrogen-bond donors (Lipinski definition) is 0. The Kier molecular flexibility index (Phi) is 4.99. The van der Waals surface area contributed by atoms with E-state index >= 15 is 0 Å². The molecule has 0 heterocycles. The van der Waals surface area contributed by atoms with Crippen molar-refractivity contribution in [2.45, 2.75) is 0 Å². The summed E-state index contributed by atoms with van der Waals surface area (Å²) in [6.07, 6.45) is 0. The first-order valence-corrected chi connectivity index (χ1v) is 7.07. The molecule has 0 aromatic heterocycles. The van der Waals surface area contributed by atoms with Gasteiger partial charge in [0.2, 0.25) is 0 Å². The van der Waals surface area contributed by atoms with Crippen LogP contribution in [0.4, 0.5) is 0 Å². The largest absolute Gasteiger partial charge is 0.482 e. The topological polar surface area (TPSA) is 35.5 Å². The van der Waals surface area contributed by atoms with Crippen molar-refractivity contribution in [3.8, 4) is 11.5 Å². The van der Waals surface area contributed by atoms with E-state index in [1.807, 2.05) is 18.2 Å². The zero-order chi connectivity index (χ0) is 13.7. The van der Waals surface area contributed by atoms with Crippen molar-refractivity contribution in [3.05, 3.63) is 57.5 Å². The molecule has 0 aliphatic rings. The van der Waals surface area contributed by atoms with Crippen LogP contribution in [0.5, 0.6) is 11.5 Å². The van der Waals surface area contributed by atoms with Crippen molar-refractivity contribution < 1.29 is 14.3 Å². The Bertz CT molecular complexity index is 584. The zero-order valence-electron chi connectivity index (χ0n) is 9.81. The number of hydrogen-bond acceptors (Lipinski definition) is 3. The molecule has 5 heteroatoms. The molecule has 3 nitrogen and oxygen atoms in total. The molecule has 0 N–H and O–H groups in total. The number of esters is 1. The Morgan fingerprint density at radius 1 is 1.05 bits per heavy atom. The van der Waals surface area contributed by atoms with E-state index in [9.17, 15) is 4.79 Å². The summed E-state index contributed by atoms with van der Waals surface area (Å²) < 4.78 is 12.1. The highest BCUT2D eigenvalue weighted by Gasteiger charge is 2.08. The molecule has 0 fully saturated rings. The van der Waals surface area contributed by atoms with Crippen LogP contribution in [0.25, 0.3) is 0 Å². The fraction of sp³-hybridized carbons (Fsp3) is 0.0714. The summed E-state index contributed by atoms with van der Waals surface area (Å²) in [6.45, 7) is -0.141. The molecule has 0 saturated carbocycles. The van der Waals surface area contributed by atoms with Crippen LogP contribution in [0.1, 0.15) is 0 Å². The molecule has 19 heavy (non-hydrogen) atoms. The van der Waals surface area contributed by atoms with Gasteiger partial charge in [0.05, 0.1) is 4.47 Å². The summed E-state index contributed by atoms with van der Waals surface area (Å²) >= 11 is 6.64. The fourth-order valence-corrected chi connectivity index (χ4v) is 2.12. The van der Waals surface area contributed by atoms with Crippen molar-refractivity contribution in [2.75, 3.05) is 6.61 Å². The zero-order valence-corrected chi connectivity index (χ0v) is 13.0. The summed E-state index contributed by atoms with van der Waals surface area (Å²) in [4.78, 5) is 11.6. The maximum Gasteiger partial charge on any atom is 0.349 e. The Hall–Kier alpha value is -1.33. The van der Waals surface area contributed by atoms with Crippen molar-refractivity contribution in [1.29, 1.82) is 0 Å². The van der Waals surface area contributed by atoms with Crippen LogP contribution in [-0.2, 0) is 4.79 Å². The van der Waals surface area contributed by atoms with Crippen LogP contribution in [-0.4, -0.2) is 12.6 Å². The van der Waals surface area contributed by atoms with Crippen LogP contribution < -0.4 is 9.47 Å². The third kappa shape index (κ3) is 4.36. The van der Waals surface area contributed by atoms with Gasteiger partial charge in [-0.05, 0) is 46.3 Å². The van der Waals surface area contributed by atoms with Gasteiger partial charge in [0.15, 0.2) is 6.61 Å². The lowest BCUT2D eigenvalue weighted by molar-refractivity contribution is -0.136. The fourth-order valence-electron chi connectivity index (χ4n) is 1.38. The molecule has 0 aliphatic heterocycles. The van der Waals surface area contributed by atoms with Gasteiger partial charge in [0.25, 0.3) is 0 Å². The maximum absolute atomic E-state index is 11.6. The second kappa shape index (κ2) is 6.73. The van der Waals surface area contributed by atoms with E-state index in [1.165, 1.54) is 0 Å². The highest BCUT2D eigenvalue weighted by Crippen LogP contribution is 2.24. The smallest absolute Gasteiger partial charge is 0.349 e. The number of halogens is 2. The molecule has 0 saturated heterocycles. The van der Waals surface area contributed by atoms with E-state index in [-0.39, 0.29) is 6.61 Å². The Morgan fingerprint density at radius 3 is 2.58 bits per heavy atom. The molecule has 0 bridgehead atoms. The first kappa shape index (κ1) is 14.1. The van der Waals surface area contributed by atoms with E-state index in [4.69, 9.17) is 9.47 Å². The molecule has 2 aromatic rings. The van der Waals surface area contributed by atoms with Gasteiger partial charge in [-0.15, -0.1) is 0 Å². The van der Waals surface area contributed by atoms with Gasteiger partial charge >= 0.3 is 5.97 Å². The average Bonchev–Trinajstić information content (AvgIpc) is 2.39. The predicted molar refractivity (Wildman–Crippen MR) is 79.4 cm³/mol. The number of rotatable bonds is 4. The number of carbonyl (C=O) groups excluding carboxylic acids is 1. The monoisotopic (exact) mass is 384 g/mol. The van der Waals surface area contributed by atoms with Crippen molar-refractivity contribution >= 4 is 37.8 Å². The highest BCUT2D eigenvalue weighted by molar-refractivity contribution is 9.10. The van der Waals surface area contributed by atoms with Crippen molar-refractivity contribution in [2.24, 2.45) is 0 Å². The molecule has 0 spiro atoms. The minimum Gasteiger partial charge on any atom is -0.482 e. The van der Waals surface area contributed by atoms with Crippen LogP contribution in [0.15, 0.2) is 57.5 Å². The summed E-state index contributed by atoms with van der Waals surface area (Å²) in [5.41, 5.74) is 0. The number of benzene rings is 2. The first-order chi connectivity index (χ1) is 9.15. The van der Waals surface area contributed by atoms with Gasteiger partial charge in [-0.3, -0.25) is 0 Å². The Morgan fingerprint density at radius 2 is 1.84 bits per heavy atom. The molecule has 0 aliphatic carbocycles. The predicted octanol–water partition coefficient (Wildman–Crippen LogP) is 4.20. The van der Waals surface area contributed by atoms with Gasteiger partial charge in [-0.25, -0.2) is 4.79 Å². The van der Waals surface area contributed by atoms with Gasteiger partial charge in [0, 0.05) is 4.47 Å². The van der Waals surface area contributed by atoms with E-state index in [1.54, 1.807) is 30.3 Å². The van der Waals surface area contributed by atoms with Crippen LogP contribution >= 0.6 is 31.9 Å².